The van der Waals surface area contributed by atoms with Crippen LogP contribution in [0.25, 0.3) is 0 Å². The van der Waals surface area contributed by atoms with Gasteiger partial charge in [0.1, 0.15) is 12.3 Å². The number of halogens is 2. The number of hydrogen-bond acceptors (Lipinski definition) is 4. The summed E-state index contributed by atoms with van der Waals surface area (Å²) in [7, 11) is -2.32. The molecular weight excluding hydrogens is 432 g/mol. The molecule has 25 heavy (non-hydrogen) atoms. The van der Waals surface area contributed by atoms with E-state index in [9.17, 15) is 13.2 Å². The Morgan fingerprint density at radius 3 is 2.44 bits per heavy atom. The predicted octanol–water partition coefficient (Wildman–Crippen LogP) is 3.52. The second-order valence-corrected chi connectivity index (χ2v) is 8.40. The molecule has 9 heteroatoms. The van der Waals surface area contributed by atoms with Crippen molar-refractivity contribution >= 4 is 54.8 Å². The number of hydrogen-bond donors (Lipinski definition) is 1. The van der Waals surface area contributed by atoms with Crippen LogP contribution >= 0.6 is 27.5 Å². The second-order valence-electron chi connectivity index (χ2n) is 5.14. The highest BCUT2D eigenvalue weighted by Crippen LogP contribution is 2.32. The van der Waals surface area contributed by atoms with E-state index in [0.29, 0.717) is 16.5 Å². The number of anilines is 2. The fourth-order valence-corrected chi connectivity index (χ4v) is 3.39. The summed E-state index contributed by atoms with van der Waals surface area (Å²) in [5.41, 5.74) is 0.753. The van der Waals surface area contributed by atoms with Gasteiger partial charge in [-0.2, -0.15) is 0 Å². The molecular formula is C16H16BrClN2O4S. The molecule has 0 saturated carbocycles. The van der Waals surface area contributed by atoms with Crippen LogP contribution < -0.4 is 14.4 Å². The number of amides is 1. The van der Waals surface area contributed by atoms with Gasteiger partial charge in [0.05, 0.1) is 19.1 Å². The molecule has 1 N–H and O–H groups in total. The third-order valence-electron chi connectivity index (χ3n) is 3.23. The summed E-state index contributed by atoms with van der Waals surface area (Å²) < 4.78 is 31.4. The van der Waals surface area contributed by atoms with Crippen molar-refractivity contribution in [1.29, 1.82) is 0 Å². The molecule has 0 unspecified atom stereocenters. The van der Waals surface area contributed by atoms with Gasteiger partial charge in [-0.15, -0.1) is 0 Å². The standard InChI is InChI=1S/C16H16BrClN2O4S/c1-24-15-8-5-12(18)9-14(15)20(25(2,22)23)10-16(21)19-13-6-3-11(17)4-7-13/h3-9H,10H2,1-2H3,(H,19,21). The lowest BCUT2D eigenvalue weighted by molar-refractivity contribution is -0.114. The molecule has 0 bridgehead atoms. The first-order valence-corrected chi connectivity index (χ1v) is 10.1. The molecule has 6 nitrogen and oxygen atoms in total. The van der Waals surface area contributed by atoms with Crippen molar-refractivity contribution in [2.45, 2.75) is 0 Å². The van der Waals surface area contributed by atoms with E-state index in [1.165, 1.54) is 13.2 Å². The molecule has 0 aromatic heterocycles. The summed E-state index contributed by atoms with van der Waals surface area (Å²) in [4.78, 5) is 12.3. The average molecular weight is 448 g/mol. The normalized spacial score (nSPS) is 11.0. The molecule has 0 atom stereocenters. The van der Waals surface area contributed by atoms with Crippen LogP contribution in [0.5, 0.6) is 5.75 Å². The maximum Gasteiger partial charge on any atom is 0.245 e. The van der Waals surface area contributed by atoms with Crippen LogP contribution in [0.2, 0.25) is 5.02 Å². The summed E-state index contributed by atoms with van der Waals surface area (Å²) in [6.45, 7) is -0.411. The maximum absolute atomic E-state index is 12.3. The van der Waals surface area contributed by atoms with E-state index in [0.717, 1.165) is 15.0 Å². The number of carbonyl (C=O) groups excluding carboxylic acids is 1. The minimum atomic E-state index is -3.74. The van der Waals surface area contributed by atoms with Crippen LogP contribution in [-0.4, -0.2) is 34.2 Å². The van der Waals surface area contributed by atoms with Gasteiger partial charge in [0.2, 0.25) is 15.9 Å². The van der Waals surface area contributed by atoms with Gasteiger partial charge in [0, 0.05) is 15.2 Å². The smallest absolute Gasteiger partial charge is 0.245 e. The number of rotatable bonds is 6. The third kappa shape index (κ3) is 5.35. The first kappa shape index (κ1) is 19.6. The summed E-state index contributed by atoms with van der Waals surface area (Å²) >= 11 is 9.27. The lowest BCUT2D eigenvalue weighted by Crippen LogP contribution is -2.37. The lowest BCUT2D eigenvalue weighted by Gasteiger charge is -2.24. The van der Waals surface area contributed by atoms with Crippen molar-refractivity contribution in [2.24, 2.45) is 0 Å². The van der Waals surface area contributed by atoms with E-state index in [-0.39, 0.29) is 5.69 Å². The summed E-state index contributed by atoms with van der Waals surface area (Å²) in [5.74, 6) is -0.193. The SMILES string of the molecule is COc1ccc(Cl)cc1N(CC(=O)Nc1ccc(Br)cc1)S(C)(=O)=O. The number of sulfonamides is 1. The van der Waals surface area contributed by atoms with Crippen molar-refractivity contribution in [3.05, 3.63) is 52.0 Å². The number of nitrogens with zero attached hydrogens (tertiary/aromatic N) is 1. The molecule has 0 spiro atoms. The number of methoxy groups -OCH3 is 1. The van der Waals surface area contributed by atoms with Crippen LogP contribution in [0.3, 0.4) is 0 Å². The molecule has 0 aliphatic heterocycles. The molecule has 134 valence electrons. The fraction of sp³-hybridized carbons (Fsp3) is 0.188. The van der Waals surface area contributed by atoms with Crippen LogP contribution in [0.15, 0.2) is 46.9 Å². The Kier molecular flexibility index (Phi) is 6.31. The Morgan fingerprint density at radius 2 is 1.88 bits per heavy atom. The summed E-state index contributed by atoms with van der Waals surface area (Å²) in [6, 6.07) is 11.5. The van der Waals surface area contributed by atoms with Gasteiger partial charge in [-0.25, -0.2) is 8.42 Å². The molecule has 2 rings (SSSR count). The van der Waals surface area contributed by atoms with Gasteiger partial charge in [0.15, 0.2) is 0 Å². The topological polar surface area (TPSA) is 75.7 Å². The van der Waals surface area contributed by atoms with Crippen molar-refractivity contribution in [3.8, 4) is 5.75 Å². The highest BCUT2D eigenvalue weighted by Gasteiger charge is 2.24. The number of benzene rings is 2. The molecule has 0 heterocycles. The number of nitrogens with one attached hydrogen (secondary N) is 1. The van der Waals surface area contributed by atoms with Gasteiger partial charge >= 0.3 is 0 Å². The Bertz CT molecular complexity index is 872. The largest absolute Gasteiger partial charge is 0.495 e. The molecule has 2 aromatic rings. The number of ether oxygens (including phenoxy) is 1. The predicted molar refractivity (Wildman–Crippen MR) is 103 cm³/mol. The molecule has 0 aliphatic rings. The molecule has 0 aliphatic carbocycles. The second kappa shape index (κ2) is 8.07. The van der Waals surface area contributed by atoms with Gasteiger partial charge < -0.3 is 10.1 Å². The van der Waals surface area contributed by atoms with Gasteiger partial charge in [-0.1, -0.05) is 27.5 Å². The van der Waals surface area contributed by atoms with Crippen molar-refractivity contribution in [3.63, 3.8) is 0 Å². The quantitative estimate of drug-likeness (QED) is 0.735. The van der Waals surface area contributed by atoms with Gasteiger partial charge in [-0.3, -0.25) is 9.10 Å². The first-order valence-electron chi connectivity index (χ1n) is 7.07. The summed E-state index contributed by atoms with van der Waals surface area (Å²) in [5, 5.41) is 2.99. The van der Waals surface area contributed by atoms with E-state index in [2.05, 4.69) is 21.2 Å². The average Bonchev–Trinajstić information content (AvgIpc) is 2.54. The fourth-order valence-electron chi connectivity index (χ4n) is 2.10. The highest BCUT2D eigenvalue weighted by molar-refractivity contribution is 9.10. The van der Waals surface area contributed by atoms with Gasteiger partial charge in [-0.05, 0) is 42.5 Å². The Hall–Kier alpha value is -1.77. The lowest BCUT2D eigenvalue weighted by atomic mass is 10.3. The van der Waals surface area contributed by atoms with E-state index in [1.807, 2.05) is 0 Å². The maximum atomic E-state index is 12.3. The Morgan fingerprint density at radius 1 is 1.24 bits per heavy atom. The number of carbonyl (C=O) groups is 1. The van der Waals surface area contributed by atoms with E-state index in [1.54, 1.807) is 36.4 Å². The molecule has 0 radical (unpaired) electrons. The zero-order valence-electron chi connectivity index (χ0n) is 13.5. The monoisotopic (exact) mass is 446 g/mol. The van der Waals surface area contributed by atoms with Crippen LogP contribution in [0, 0.1) is 0 Å². The molecule has 1 amide bonds. The highest BCUT2D eigenvalue weighted by atomic mass is 79.9. The van der Waals surface area contributed by atoms with E-state index in [4.69, 9.17) is 16.3 Å². The molecule has 2 aromatic carbocycles. The minimum Gasteiger partial charge on any atom is -0.495 e. The summed E-state index contributed by atoms with van der Waals surface area (Å²) in [6.07, 6.45) is 1.01. The zero-order valence-corrected chi connectivity index (χ0v) is 16.7. The third-order valence-corrected chi connectivity index (χ3v) is 5.12. The zero-order chi connectivity index (χ0) is 18.6. The van der Waals surface area contributed by atoms with Gasteiger partial charge in [0.25, 0.3) is 0 Å². The van der Waals surface area contributed by atoms with Crippen LogP contribution in [0.4, 0.5) is 11.4 Å². The molecule has 0 saturated heterocycles. The molecule has 0 fully saturated rings. The van der Waals surface area contributed by atoms with Crippen molar-refractivity contribution in [1.82, 2.24) is 0 Å². The van der Waals surface area contributed by atoms with Crippen molar-refractivity contribution < 1.29 is 17.9 Å². The van der Waals surface area contributed by atoms with E-state index >= 15 is 0 Å². The van der Waals surface area contributed by atoms with Crippen LogP contribution in [-0.2, 0) is 14.8 Å². The van der Waals surface area contributed by atoms with E-state index < -0.39 is 22.5 Å². The minimum absolute atomic E-state index is 0.198. The Labute approximate surface area is 159 Å². The first-order chi connectivity index (χ1) is 11.7. The van der Waals surface area contributed by atoms with Crippen LogP contribution in [0.1, 0.15) is 0 Å². The Balaban J connectivity index is 2.29. The van der Waals surface area contributed by atoms with Crippen molar-refractivity contribution in [2.75, 3.05) is 29.5 Å².